The van der Waals surface area contributed by atoms with Gasteiger partial charge in [0.2, 0.25) is 0 Å². The molecule has 2 N–H and O–H groups in total. The molecule has 0 radical (unpaired) electrons. The smallest absolute Gasteiger partial charge is 0.161 e. The Hall–Kier alpha value is -1.96. The maximum Gasteiger partial charge on any atom is 0.161 e. The third kappa shape index (κ3) is 4.06. The number of halogens is 2. The highest BCUT2D eigenvalue weighted by atomic mass is 35.5. The predicted octanol–water partition coefficient (Wildman–Crippen LogP) is 1.49. The lowest BCUT2D eigenvalue weighted by Gasteiger charge is -2.15. The first kappa shape index (κ1) is 18.8. The summed E-state index contributed by atoms with van der Waals surface area (Å²) in [4.78, 5) is 11.0. The molecule has 1 heterocycles. The van der Waals surface area contributed by atoms with E-state index in [1.807, 2.05) is 6.07 Å². The minimum absolute atomic E-state index is 0.0295. The van der Waals surface area contributed by atoms with E-state index in [0.717, 1.165) is 5.56 Å². The van der Waals surface area contributed by atoms with Crippen LogP contribution in [0.2, 0.25) is 5.02 Å². The number of aliphatic carboxylic acids is 1. The van der Waals surface area contributed by atoms with Gasteiger partial charge in [-0.2, -0.15) is 0 Å². The minimum Gasteiger partial charge on any atom is -0.544 e. The molecule has 0 bridgehead atoms. The SMILES string of the molecule is COc1cc([C@@H]2[NH2+][C@@H](C(=O)[O-])CS2)ccc1OCc1c(F)cccc1Cl. The van der Waals surface area contributed by atoms with Crippen LogP contribution in [0.3, 0.4) is 0 Å². The third-order valence-corrected chi connectivity index (χ3v) is 5.81. The average Bonchev–Trinajstić information content (AvgIpc) is 3.12. The lowest BCUT2D eigenvalue weighted by molar-refractivity contribution is -0.690. The van der Waals surface area contributed by atoms with E-state index in [1.165, 1.54) is 31.0 Å². The topological polar surface area (TPSA) is 75.2 Å². The number of carbonyl (C=O) groups is 1. The van der Waals surface area contributed by atoms with Crippen LogP contribution in [0.5, 0.6) is 11.5 Å². The van der Waals surface area contributed by atoms with Gasteiger partial charge in [-0.05, 0) is 30.3 Å². The molecule has 2 aromatic carbocycles. The molecule has 0 aliphatic carbocycles. The van der Waals surface area contributed by atoms with Gasteiger partial charge in [0.05, 0.1) is 17.9 Å². The number of rotatable bonds is 6. The first-order valence-electron chi connectivity index (χ1n) is 7.90. The number of benzene rings is 2. The van der Waals surface area contributed by atoms with Crippen molar-refractivity contribution in [2.24, 2.45) is 0 Å². The fourth-order valence-electron chi connectivity index (χ4n) is 2.68. The molecular weight excluding hydrogens is 381 g/mol. The Labute approximate surface area is 159 Å². The number of thioether (sulfide) groups is 1. The maximum atomic E-state index is 13.9. The van der Waals surface area contributed by atoms with E-state index in [4.69, 9.17) is 21.1 Å². The molecule has 1 aliphatic heterocycles. The Morgan fingerprint density at radius 3 is 2.85 bits per heavy atom. The molecule has 0 unspecified atom stereocenters. The van der Waals surface area contributed by atoms with E-state index in [1.54, 1.807) is 23.5 Å². The van der Waals surface area contributed by atoms with Crippen molar-refractivity contribution in [2.75, 3.05) is 12.9 Å². The molecule has 8 heteroatoms. The molecular formula is C18H17ClFNO4S. The standard InChI is InChI=1S/C18H17ClFNO4S/c1-24-16-7-10(17-21-14(9-26-17)18(22)23)5-6-15(16)25-8-11-12(19)3-2-4-13(11)20/h2-7,14,17,21H,8-9H2,1H3,(H,22,23)/t14-,17-/m1/s1. The fraction of sp³-hybridized carbons (Fsp3) is 0.278. The maximum absolute atomic E-state index is 13.9. The summed E-state index contributed by atoms with van der Waals surface area (Å²) in [5.74, 6) is -0.0674. The predicted molar refractivity (Wildman–Crippen MR) is 94.7 cm³/mol. The van der Waals surface area contributed by atoms with E-state index in [2.05, 4.69) is 0 Å². The quantitative estimate of drug-likeness (QED) is 0.799. The summed E-state index contributed by atoms with van der Waals surface area (Å²) in [5.41, 5.74) is 1.18. The highest BCUT2D eigenvalue weighted by molar-refractivity contribution is 7.99. The second-order valence-electron chi connectivity index (χ2n) is 5.77. The minimum atomic E-state index is -1.06. The van der Waals surface area contributed by atoms with Gasteiger partial charge in [-0.25, -0.2) is 4.39 Å². The number of carboxylic acids is 1. The van der Waals surface area contributed by atoms with Crippen LogP contribution in [0.15, 0.2) is 36.4 Å². The monoisotopic (exact) mass is 397 g/mol. The van der Waals surface area contributed by atoms with Gasteiger partial charge in [-0.1, -0.05) is 29.4 Å². The molecule has 0 spiro atoms. The van der Waals surface area contributed by atoms with Crippen LogP contribution in [0, 0.1) is 5.82 Å². The van der Waals surface area contributed by atoms with Crippen LogP contribution in [0.4, 0.5) is 4.39 Å². The molecule has 1 fully saturated rings. The van der Waals surface area contributed by atoms with Gasteiger partial charge in [-0.3, -0.25) is 0 Å². The van der Waals surface area contributed by atoms with Crippen molar-refractivity contribution in [2.45, 2.75) is 18.0 Å². The van der Waals surface area contributed by atoms with E-state index in [-0.39, 0.29) is 17.5 Å². The molecule has 138 valence electrons. The summed E-state index contributed by atoms with van der Waals surface area (Å²) in [5, 5.41) is 13.0. The normalized spacial score (nSPS) is 19.3. The summed E-state index contributed by atoms with van der Waals surface area (Å²) >= 11 is 7.54. The van der Waals surface area contributed by atoms with Gasteiger partial charge >= 0.3 is 0 Å². The second-order valence-corrected chi connectivity index (χ2v) is 7.35. The Morgan fingerprint density at radius 2 is 2.19 bits per heavy atom. The second kappa shape index (κ2) is 8.16. The van der Waals surface area contributed by atoms with Crippen molar-refractivity contribution in [3.63, 3.8) is 0 Å². The van der Waals surface area contributed by atoms with E-state index in [0.29, 0.717) is 22.3 Å². The molecule has 5 nitrogen and oxygen atoms in total. The van der Waals surface area contributed by atoms with Crippen molar-refractivity contribution in [3.8, 4) is 11.5 Å². The Balaban J connectivity index is 1.74. The van der Waals surface area contributed by atoms with Crippen LogP contribution >= 0.6 is 23.4 Å². The van der Waals surface area contributed by atoms with Gasteiger partial charge in [0.15, 0.2) is 16.9 Å². The molecule has 0 aromatic heterocycles. The highest BCUT2D eigenvalue weighted by Gasteiger charge is 2.31. The number of carboxylic acid groups (broad SMARTS) is 1. The number of nitrogens with two attached hydrogens (primary N) is 1. The zero-order valence-corrected chi connectivity index (χ0v) is 15.5. The zero-order valence-electron chi connectivity index (χ0n) is 13.9. The first-order valence-corrected chi connectivity index (χ1v) is 9.33. The molecule has 0 amide bonds. The Kier molecular flexibility index (Phi) is 5.90. The van der Waals surface area contributed by atoms with Gasteiger partial charge in [-0.15, -0.1) is 0 Å². The van der Waals surface area contributed by atoms with Gasteiger partial charge < -0.3 is 24.7 Å². The molecule has 3 rings (SSSR count). The molecule has 26 heavy (non-hydrogen) atoms. The molecule has 0 saturated carbocycles. The molecule has 2 atom stereocenters. The van der Waals surface area contributed by atoms with E-state index in [9.17, 15) is 14.3 Å². The zero-order chi connectivity index (χ0) is 18.7. The molecule has 2 aromatic rings. The van der Waals surface area contributed by atoms with Crippen molar-refractivity contribution < 1.29 is 29.1 Å². The summed E-state index contributed by atoms with van der Waals surface area (Å²) < 4.78 is 24.9. The van der Waals surface area contributed by atoms with Gasteiger partial charge in [0, 0.05) is 11.1 Å². The van der Waals surface area contributed by atoms with Crippen LogP contribution in [0.1, 0.15) is 16.5 Å². The average molecular weight is 398 g/mol. The van der Waals surface area contributed by atoms with Crippen molar-refractivity contribution >= 4 is 29.3 Å². The van der Waals surface area contributed by atoms with Crippen molar-refractivity contribution in [3.05, 3.63) is 58.4 Å². The number of quaternary nitrogens is 1. The van der Waals surface area contributed by atoms with Crippen LogP contribution in [-0.4, -0.2) is 24.9 Å². The van der Waals surface area contributed by atoms with Crippen molar-refractivity contribution in [1.82, 2.24) is 0 Å². The van der Waals surface area contributed by atoms with E-state index >= 15 is 0 Å². The highest BCUT2D eigenvalue weighted by Crippen LogP contribution is 2.35. The fourth-order valence-corrected chi connectivity index (χ4v) is 4.20. The number of hydrogen-bond donors (Lipinski definition) is 1. The first-order chi connectivity index (χ1) is 12.5. The molecule has 1 aliphatic rings. The van der Waals surface area contributed by atoms with Crippen LogP contribution in [0.25, 0.3) is 0 Å². The van der Waals surface area contributed by atoms with E-state index < -0.39 is 17.8 Å². The van der Waals surface area contributed by atoms with Crippen LogP contribution in [-0.2, 0) is 11.4 Å². The number of methoxy groups -OCH3 is 1. The third-order valence-electron chi connectivity index (χ3n) is 4.12. The van der Waals surface area contributed by atoms with Crippen molar-refractivity contribution in [1.29, 1.82) is 0 Å². The number of carbonyl (C=O) groups excluding carboxylic acids is 1. The lowest BCUT2D eigenvalue weighted by Crippen LogP contribution is -2.90. The Morgan fingerprint density at radius 1 is 1.38 bits per heavy atom. The summed E-state index contributed by atoms with van der Waals surface area (Å²) in [7, 11) is 1.51. The number of hydrogen-bond acceptors (Lipinski definition) is 5. The van der Waals surface area contributed by atoms with Gasteiger partial charge in [0.1, 0.15) is 24.4 Å². The summed E-state index contributed by atoms with van der Waals surface area (Å²) in [6, 6.07) is 9.26. The number of ether oxygens (including phenoxy) is 2. The van der Waals surface area contributed by atoms with Crippen LogP contribution < -0.4 is 19.9 Å². The summed E-state index contributed by atoms with van der Waals surface area (Å²) in [6.07, 6.45) is 0. The largest absolute Gasteiger partial charge is 0.544 e. The lowest BCUT2D eigenvalue weighted by atomic mass is 10.2. The molecule has 1 saturated heterocycles. The Bertz CT molecular complexity index is 800. The summed E-state index contributed by atoms with van der Waals surface area (Å²) in [6.45, 7) is -0.0295. The van der Waals surface area contributed by atoms with Gasteiger partial charge in [0.25, 0.3) is 0 Å².